The van der Waals surface area contributed by atoms with Gasteiger partial charge in [-0.2, -0.15) is 10.4 Å². The van der Waals surface area contributed by atoms with Crippen molar-refractivity contribution >= 4 is 24.0 Å². The number of anilines is 2. The summed E-state index contributed by atoms with van der Waals surface area (Å²) in [5.41, 5.74) is 3.99. The standard InChI is InChI=1S/C27H28N8O2.ClH/c1-18(15-35-17-29-16-33-35)37-25-10-19(6-7-20(25)11-28)22-13-31-27(32-14-22)34-24-5-3-4-21(26(24)36-2)12-30-23-8-9-23;/h3-7,10,13-14,16-18,23,30H,8-9,12,15H2,1-2H3,(H,31,32,34);1H. The van der Waals surface area contributed by atoms with Crippen LogP contribution in [0.1, 0.15) is 30.9 Å². The van der Waals surface area contributed by atoms with E-state index in [1.54, 1.807) is 36.6 Å². The molecule has 11 heteroatoms. The number of hydrogen-bond donors (Lipinski definition) is 2. The number of aromatic nitrogens is 5. The van der Waals surface area contributed by atoms with Crippen LogP contribution in [-0.4, -0.2) is 44.0 Å². The van der Waals surface area contributed by atoms with Crippen molar-refractivity contribution < 1.29 is 9.47 Å². The molecule has 2 heterocycles. The Morgan fingerprint density at radius 3 is 2.66 bits per heavy atom. The zero-order chi connectivity index (χ0) is 25.6. The lowest BCUT2D eigenvalue weighted by molar-refractivity contribution is 0.193. The van der Waals surface area contributed by atoms with E-state index in [1.165, 1.54) is 19.2 Å². The number of nitrogens with zero attached hydrogens (tertiary/aromatic N) is 6. The molecule has 38 heavy (non-hydrogen) atoms. The highest BCUT2D eigenvalue weighted by Gasteiger charge is 2.21. The summed E-state index contributed by atoms with van der Waals surface area (Å²) in [4.78, 5) is 13.0. The maximum absolute atomic E-state index is 9.55. The number of nitrogens with one attached hydrogen (secondary N) is 2. The minimum atomic E-state index is -0.211. The van der Waals surface area contributed by atoms with Gasteiger partial charge in [0, 0.05) is 36.1 Å². The Labute approximate surface area is 227 Å². The van der Waals surface area contributed by atoms with Crippen molar-refractivity contribution in [3.63, 3.8) is 0 Å². The number of rotatable bonds is 11. The highest BCUT2D eigenvalue weighted by molar-refractivity contribution is 5.85. The Hall–Kier alpha value is -4.20. The number of benzene rings is 2. The Bertz CT molecular complexity index is 1390. The molecule has 1 aliphatic carbocycles. The molecule has 0 radical (unpaired) electrons. The molecule has 0 saturated heterocycles. The summed E-state index contributed by atoms with van der Waals surface area (Å²) in [6.07, 6.45) is 8.84. The van der Waals surface area contributed by atoms with E-state index in [-0.39, 0.29) is 18.5 Å². The molecule has 0 aliphatic heterocycles. The summed E-state index contributed by atoms with van der Waals surface area (Å²) in [6.45, 7) is 3.19. The van der Waals surface area contributed by atoms with Gasteiger partial charge in [-0.05, 0) is 43.5 Å². The van der Waals surface area contributed by atoms with Crippen LogP contribution in [0, 0.1) is 11.3 Å². The average molecular weight is 533 g/mol. The first-order valence-corrected chi connectivity index (χ1v) is 12.1. The van der Waals surface area contributed by atoms with E-state index >= 15 is 0 Å². The summed E-state index contributed by atoms with van der Waals surface area (Å²) in [5, 5.41) is 20.4. The summed E-state index contributed by atoms with van der Waals surface area (Å²) in [6, 6.07) is 14.2. The molecule has 2 N–H and O–H groups in total. The normalized spacial score (nSPS) is 13.2. The van der Waals surface area contributed by atoms with Crippen molar-refractivity contribution in [3.8, 4) is 28.7 Å². The molecule has 1 unspecified atom stereocenters. The molecule has 1 fully saturated rings. The lowest BCUT2D eigenvalue weighted by atomic mass is 10.1. The first-order valence-electron chi connectivity index (χ1n) is 12.1. The van der Waals surface area contributed by atoms with Crippen molar-refractivity contribution in [1.82, 2.24) is 30.0 Å². The Balaban J connectivity index is 0.00000336. The number of para-hydroxylation sites is 1. The van der Waals surface area contributed by atoms with Crippen LogP contribution in [0.15, 0.2) is 61.4 Å². The molecule has 0 bridgehead atoms. The van der Waals surface area contributed by atoms with Crippen molar-refractivity contribution in [2.45, 2.75) is 45.0 Å². The molecule has 10 nitrogen and oxygen atoms in total. The van der Waals surface area contributed by atoms with Crippen LogP contribution in [0.3, 0.4) is 0 Å². The van der Waals surface area contributed by atoms with Gasteiger partial charge in [0.05, 0.1) is 24.9 Å². The number of ether oxygens (including phenoxy) is 2. The van der Waals surface area contributed by atoms with Gasteiger partial charge in [-0.1, -0.05) is 18.2 Å². The van der Waals surface area contributed by atoms with E-state index in [0.29, 0.717) is 29.8 Å². The third-order valence-corrected chi connectivity index (χ3v) is 6.03. The number of halogens is 1. The monoisotopic (exact) mass is 532 g/mol. The van der Waals surface area contributed by atoms with E-state index in [0.717, 1.165) is 34.7 Å². The fraction of sp³-hybridized carbons (Fsp3) is 0.296. The van der Waals surface area contributed by atoms with Gasteiger partial charge < -0.3 is 20.1 Å². The number of methoxy groups -OCH3 is 1. The van der Waals surface area contributed by atoms with Gasteiger partial charge in [0.15, 0.2) is 0 Å². The van der Waals surface area contributed by atoms with Gasteiger partial charge in [-0.15, -0.1) is 12.4 Å². The maximum Gasteiger partial charge on any atom is 0.227 e. The highest BCUT2D eigenvalue weighted by Crippen LogP contribution is 2.32. The molecule has 1 atom stereocenters. The van der Waals surface area contributed by atoms with Crippen LogP contribution in [0.5, 0.6) is 11.5 Å². The van der Waals surface area contributed by atoms with E-state index < -0.39 is 0 Å². The smallest absolute Gasteiger partial charge is 0.227 e. The first-order chi connectivity index (χ1) is 18.1. The van der Waals surface area contributed by atoms with Crippen LogP contribution in [-0.2, 0) is 13.1 Å². The quantitative estimate of drug-likeness (QED) is 0.287. The summed E-state index contributed by atoms with van der Waals surface area (Å²) < 4.78 is 13.4. The molecule has 0 spiro atoms. The van der Waals surface area contributed by atoms with E-state index in [4.69, 9.17) is 9.47 Å². The predicted octanol–water partition coefficient (Wildman–Crippen LogP) is 4.50. The minimum absolute atomic E-state index is 0. The average Bonchev–Trinajstić information content (AvgIpc) is 3.61. The first kappa shape index (κ1) is 26.9. The van der Waals surface area contributed by atoms with Crippen LogP contribution >= 0.6 is 12.4 Å². The lowest BCUT2D eigenvalue weighted by Gasteiger charge is -2.16. The second-order valence-corrected chi connectivity index (χ2v) is 8.94. The third-order valence-electron chi connectivity index (χ3n) is 6.03. The van der Waals surface area contributed by atoms with E-state index in [9.17, 15) is 5.26 Å². The molecule has 2 aromatic carbocycles. The summed E-state index contributed by atoms with van der Waals surface area (Å²) in [5.74, 6) is 1.73. The molecule has 0 amide bonds. The van der Waals surface area contributed by atoms with Crippen LogP contribution in [0.4, 0.5) is 11.6 Å². The summed E-state index contributed by atoms with van der Waals surface area (Å²) >= 11 is 0. The van der Waals surface area contributed by atoms with Crippen molar-refractivity contribution in [2.24, 2.45) is 0 Å². The molecule has 1 saturated carbocycles. The Kier molecular flexibility index (Phi) is 8.73. The minimum Gasteiger partial charge on any atom is -0.494 e. The van der Waals surface area contributed by atoms with Gasteiger partial charge in [0.1, 0.15) is 36.3 Å². The Morgan fingerprint density at radius 1 is 1.16 bits per heavy atom. The van der Waals surface area contributed by atoms with Gasteiger partial charge in [-0.25, -0.2) is 19.6 Å². The maximum atomic E-state index is 9.55. The summed E-state index contributed by atoms with van der Waals surface area (Å²) in [7, 11) is 1.67. The molecule has 2 aromatic heterocycles. The fourth-order valence-corrected chi connectivity index (χ4v) is 4.00. The van der Waals surface area contributed by atoms with Crippen molar-refractivity contribution in [2.75, 3.05) is 12.4 Å². The SMILES string of the molecule is COc1c(CNC2CC2)cccc1Nc1ncc(-c2ccc(C#N)c(OC(C)Cn3cncn3)c2)cn1.Cl. The van der Waals surface area contributed by atoms with Gasteiger partial charge in [0.2, 0.25) is 5.95 Å². The van der Waals surface area contributed by atoms with Crippen LogP contribution in [0.2, 0.25) is 0 Å². The lowest BCUT2D eigenvalue weighted by Crippen LogP contribution is -2.20. The van der Waals surface area contributed by atoms with Crippen LogP contribution in [0.25, 0.3) is 11.1 Å². The van der Waals surface area contributed by atoms with Gasteiger partial charge in [-0.3, -0.25) is 0 Å². The second-order valence-electron chi connectivity index (χ2n) is 8.94. The Morgan fingerprint density at radius 2 is 1.97 bits per heavy atom. The topological polar surface area (TPSA) is 123 Å². The van der Waals surface area contributed by atoms with E-state index in [2.05, 4.69) is 42.8 Å². The van der Waals surface area contributed by atoms with E-state index in [1.807, 2.05) is 31.2 Å². The molecule has 1 aliphatic rings. The van der Waals surface area contributed by atoms with Gasteiger partial charge >= 0.3 is 0 Å². The molecule has 5 rings (SSSR count). The third kappa shape index (κ3) is 6.56. The zero-order valence-corrected chi connectivity index (χ0v) is 22.0. The molecule has 4 aromatic rings. The predicted molar refractivity (Wildman–Crippen MR) is 146 cm³/mol. The fourth-order valence-electron chi connectivity index (χ4n) is 4.00. The molecular weight excluding hydrogens is 504 g/mol. The van der Waals surface area contributed by atoms with Crippen LogP contribution < -0.4 is 20.1 Å². The number of nitriles is 1. The number of hydrogen-bond acceptors (Lipinski definition) is 9. The van der Waals surface area contributed by atoms with Gasteiger partial charge in [0.25, 0.3) is 0 Å². The second kappa shape index (κ2) is 12.4. The molecule has 196 valence electrons. The van der Waals surface area contributed by atoms with Crippen molar-refractivity contribution in [3.05, 3.63) is 72.6 Å². The van der Waals surface area contributed by atoms with Crippen molar-refractivity contribution in [1.29, 1.82) is 5.26 Å². The highest BCUT2D eigenvalue weighted by atomic mass is 35.5. The largest absolute Gasteiger partial charge is 0.494 e. The molecular formula is C27H29ClN8O2. The zero-order valence-electron chi connectivity index (χ0n) is 21.2.